The van der Waals surface area contributed by atoms with E-state index in [1.165, 1.54) is 42.5 Å². The number of carbonyl (C=O) groups is 1. The summed E-state index contributed by atoms with van der Waals surface area (Å²) in [5.74, 6) is -1.02. The molecule has 0 bridgehead atoms. The molecule has 0 aliphatic carbocycles. The Morgan fingerprint density at radius 1 is 1.68 bits per heavy atom. The van der Waals surface area contributed by atoms with Crippen LogP contribution >= 0.6 is 0 Å². The number of benzene rings is 1. The van der Waals surface area contributed by atoms with E-state index in [1.807, 2.05) is 0 Å². The number of ether oxygens (including phenoxy) is 1. The molecule has 1 heterocycles. The summed E-state index contributed by atoms with van der Waals surface area (Å²) >= 11 is 0. The summed E-state index contributed by atoms with van der Waals surface area (Å²) in [6.45, 7) is 5.04. The lowest BCUT2D eigenvalue weighted by Gasteiger charge is -2.21. The largest absolute Gasteiger partial charge is 0.483 e. The highest BCUT2D eigenvalue weighted by Gasteiger charge is 2.38. The van der Waals surface area contributed by atoms with Gasteiger partial charge in [-0.15, -0.1) is 0 Å². The lowest BCUT2D eigenvalue weighted by atomic mass is 10.1. The first-order chi connectivity index (χ1) is 10.4. The Kier molecular flexibility index (Phi) is 4.08. The molecule has 22 heavy (non-hydrogen) atoms. The number of hydrogen-bond donors (Lipinski definition) is 2. The van der Waals surface area contributed by atoms with Gasteiger partial charge in [0.1, 0.15) is 6.61 Å². The maximum Gasteiger partial charge on any atom is 0.331 e. The van der Waals surface area contributed by atoms with Gasteiger partial charge in [0.05, 0.1) is 16.8 Å². The molecule has 1 aliphatic heterocycles. The van der Waals surface area contributed by atoms with E-state index in [0.717, 1.165) is 0 Å². The Labute approximate surface area is 125 Å². The second-order valence-electron chi connectivity index (χ2n) is 4.68. The van der Waals surface area contributed by atoms with Crippen LogP contribution in [-0.4, -0.2) is 34.4 Å². The highest BCUT2D eigenvalue weighted by atomic mass is 16.6. The van der Waals surface area contributed by atoms with E-state index in [0.29, 0.717) is 5.69 Å². The average molecular weight is 306 g/mol. The molecule has 0 saturated heterocycles. The summed E-state index contributed by atoms with van der Waals surface area (Å²) in [6.07, 6.45) is 2.69. The fourth-order valence-electron chi connectivity index (χ4n) is 1.74. The molecule has 0 radical (unpaired) electrons. The zero-order valence-corrected chi connectivity index (χ0v) is 11.7. The van der Waals surface area contributed by atoms with Crippen LogP contribution in [0.5, 0.6) is 5.75 Å². The number of rotatable bonds is 6. The molecule has 9 heteroatoms. The van der Waals surface area contributed by atoms with Gasteiger partial charge in [-0.05, 0) is 19.1 Å². The number of aliphatic carboxylic acids is 1. The Morgan fingerprint density at radius 2 is 2.41 bits per heavy atom. The van der Waals surface area contributed by atoms with Gasteiger partial charge in [0.15, 0.2) is 11.3 Å². The van der Waals surface area contributed by atoms with Crippen LogP contribution in [0.2, 0.25) is 0 Å². The van der Waals surface area contributed by atoms with Crippen LogP contribution in [0.25, 0.3) is 0 Å². The second kappa shape index (κ2) is 5.82. The minimum absolute atomic E-state index is 0.0952. The number of hydrogen-bond acceptors (Lipinski definition) is 7. The van der Waals surface area contributed by atoms with Crippen molar-refractivity contribution in [1.82, 2.24) is 5.43 Å². The van der Waals surface area contributed by atoms with E-state index in [1.54, 1.807) is 0 Å². The Bertz CT molecular complexity index is 660. The minimum atomic E-state index is -1.37. The molecule has 2 N–H and O–H groups in total. The molecule has 9 nitrogen and oxygen atoms in total. The number of carboxylic acids is 1. The lowest BCUT2D eigenvalue weighted by molar-refractivity contribution is -0.385. The number of hydrazine groups is 1. The molecule has 1 atom stereocenters. The predicted molar refractivity (Wildman–Crippen MR) is 78.9 cm³/mol. The Hall–Kier alpha value is -2.94. The van der Waals surface area contributed by atoms with Crippen LogP contribution in [0.1, 0.15) is 6.92 Å². The lowest BCUT2D eigenvalue weighted by Crippen LogP contribution is -2.51. The number of nitrogens with zero attached hydrogens (tertiary/aromatic N) is 3. The number of carboxylic acid groups (broad SMARTS) is 1. The molecule has 0 spiro atoms. The summed E-state index contributed by atoms with van der Waals surface area (Å²) in [7, 11) is 0. The maximum atomic E-state index is 11.1. The normalized spacial score (nSPS) is 20.0. The first-order valence-electron chi connectivity index (χ1n) is 6.26. The average Bonchev–Trinajstić information content (AvgIpc) is 2.89. The third-order valence-corrected chi connectivity index (χ3v) is 2.95. The summed E-state index contributed by atoms with van der Waals surface area (Å²) in [6, 6.07) is 4.20. The van der Waals surface area contributed by atoms with Crippen molar-refractivity contribution in [3.8, 4) is 5.75 Å². The number of nitro groups is 1. The van der Waals surface area contributed by atoms with Crippen molar-refractivity contribution < 1.29 is 19.6 Å². The van der Waals surface area contributed by atoms with Gasteiger partial charge in [0.2, 0.25) is 0 Å². The molecule has 0 amide bonds. The van der Waals surface area contributed by atoms with Gasteiger partial charge in [-0.25, -0.2) is 4.79 Å². The summed E-state index contributed by atoms with van der Waals surface area (Å²) in [4.78, 5) is 21.7. The highest BCUT2D eigenvalue weighted by molar-refractivity contribution is 6.00. The van der Waals surface area contributed by atoms with Crippen molar-refractivity contribution in [3.63, 3.8) is 0 Å². The zero-order valence-electron chi connectivity index (χ0n) is 11.7. The number of nitrogens with one attached hydrogen (secondary N) is 1. The minimum Gasteiger partial charge on any atom is -0.483 e. The summed E-state index contributed by atoms with van der Waals surface area (Å²) in [5.41, 5.74) is 1.34. The van der Waals surface area contributed by atoms with Gasteiger partial charge in [0.25, 0.3) is 0 Å². The number of hydrazone groups is 1. The monoisotopic (exact) mass is 306 g/mol. The van der Waals surface area contributed by atoms with E-state index < -0.39 is 16.4 Å². The van der Waals surface area contributed by atoms with Crippen molar-refractivity contribution in [3.05, 3.63) is 41.0 Å². The summed E-state index contributed by atoms with van der Waals surface area (Å²) < 4.78 is 5.21. The van der Waals surface area contributed by atoms with Crippen molar-refractivity contribution >= 4 is 23.6 Å². The molecule has 0 aromatic heterocycles. The van der Waals surface area contributed by atoms with Gasteiger partial charge in [0, 0.05) is 6.07 Å². The van der Waals surface area contributed by atoms with Crippen LogP contribution in [0, 0.1) is 10.1 Å². The molecule has 2 rings (SSSR count). The van der Waals surface area contributed by atoms with Gasteiger partial charge in [-0.2, -0.15) is 15.6 Å². The molecule has 116 valence electrons. The third-order valence-electron chi connectivity index (χ3n) is 2.95. The van der Waals surface area contributed by atoms with Gasteiger partial charge < -0.3 is 9.84 Å². The molecule has 1 aromatic rings. The van der Waals surface area contributed by atoms with Crippen LogP contribution < -0.4 is 15.3 Å². The van der Waals surface area contributed by atoms with E-state index in [9.17, 15) is 14.9 Å². The van der Waals surface area contributed by atoms with E-state index >= 15 is 0 Å². The number of anilines is 1. The fraction of sp³-hybridized carbons (Fsp3) is 0.231. The molecule has 1 aromatic carbocycles. The first-order valence-corrected chi connectivity index (χ1v) is 6.26. The van der Waals surface area contributed by atoms with E-state index in [-0.39, 0.29) is 18.0 Å². The molecular weight excluding hydrogens is 292 g/mol. The van der Waals surface area contributed by atoms with Crippen LogP contribution in [0.4, 0.5) is 11.4 Å². The quantitative estimate of drug-likeness (QED) is 0.462. The topological polar surface area (TPSA) is 117 Å². The first kappa shape index (κ1) is 15.4. The molecule has 1 unspecified atom stereocenters. The van der Waals surface area contributed by atoms with Crippen molar-refractivity contribution in [2.45, 2.75) is 12.5 Å². The third kappa shape index (κ3) is 2.88. The number of nitro benzene ring substituents is 1. The smallest absolute Gasteiger partial charge is 0.331 e. The predicted octanol–water partition coefficient (Wildman–Crippen LogP) is 1.31. The molecule has 0 saturated carbocycles. The Balaban J connectivity index is 2.29. The van der Waals surface area contributed by atoms with Gasteiger partial charge in [-0.3, -0.25) is 10.1 Å². The standard InChI is InChI=1S/C13H14N4O5/c1-3-6-22-11-5-4-9(7-10(11)17(20)21)16-14-8-13(2,15-16)12(18)19/h3-5,7-8,15H,1,6H2,2H3,(H,18,19). The molecular formula is C13H14N4O5. The van der Waals surface area contributed by atoms with Gasteiger partial charge in [-0.1, -0.05) is 12.7 Å². The molecule has 1 aliphatic rings. The van der Waals surface area contributed by atoms with Crippen molar-refractivity contribution in [1.29, 1.82) is 0 Å². The highest BCUT2D eigenvalue weighted by Crippen LogP contribution is 2.32. The van der Waals surface area contributed by atoms with Crippen LogP contribution in [0.15, 0.2) is 36.0 Å². The fourth-order valence-corrected chi connectivity index (χ4v) is 1.74. The Morgan fingerprint density at radius 3 is 2.95 bits per heavy atom. The summed E-state index contributed by atoms with van der Waals surface area (Å²) in [5, 5.41) is 25.3. The zero-order chi connectivity index (χ0) is 16.3. The van der Waals surface area contributed by atoms with Crippen molar-refractivity contribution in [2.24, 2.45) is 5.10 Å². The SMILES string of the molecule is C=CCOc1ccc(N2N=CC(C)(C(=O)O)N2)cc1[N+](=O)[O-]. The van der Waals surface area contributed by atoms with E-state index in [4.69, 9.17) is 9.84 Å². The molecule has 0 fully saturated rings. The van der Waals surface area contributed by atoms with Gasteiger partial charge >= 0.3 is 11.7 Å². The maximum absolute atomic E-state index is 11.1. The van der Waals surface area contributed by atoms with Crippen molar-refractivity contribution in [2.75, 3.05) is 11.7 Å². The van der Waals surface area contributed by atoms with E-state index in [2.05, 4.69) is 17.1 Å². The van der Waals surface area contributed by atoms with Crippen LogP contribution in [0.3, 0.4) is 0 Å². The second-order valence-corrected chi connectivity index (χ2v) is 4.68. The van der Waals surface area contributed by atoms with Crippen LogP contribution in [-0.2, 0) is 4.79 Å².